The number of esters is 1. The molecule has 0 bridgehead atoms. The summed E-state index contributed by atoms with van der Waals surface area (Å²) in [6.45, 7) is 7.72. The largest absolute Gasteiger partial charge is 0.497 e. The first-order valence-electron chi connectivity index (χ1n) is 18.0. The first-order chi connectivity index (χ1) is 26.9. The van der Waals surface area contributed by atoms with Gasteiger partial charge in [-0.3, -0.25) is 4.79 Å². The van der Waals surface area contributed by atoms with E-state index in [1.54, 1.807) is 32.4 Å². The lowest BCUT2D eigenvalue weighted by atomic mass is 9.76. The highest BCUT2D eigenvalue weighted by Gasteiger charge is 2.45. The van der Waals surface area contributed by atoms with E-state index in [0.717, 1.165) is 81.0 Å². The van der Waals surface area contributed by atoms with E-state index in [9.17, 15) is 10.1 Å². The number of hydrogen-bond acceptors (Lipinski definition) is 7. The Balaban J connectivity index is 0.967. The number of aryl methyl sites for hydroxylation is 2. The topological polar surface area (TPSA) is 91.4 Å². The molecule has 2 aliphatic rings. The van der Waals surface area contributed by atoms with Crippen LogP contribution in [0.4, 0.5) is 0 Å². The molecule has 0 aromatic heterocycles. The van der Waals surface area contributed by atoms with Crippen molar-refractivity contribution in [3.63, 3.8) is 0 Å². The van der Waals surface area contributed by atoms with Crippen LogP contribution in [0, 0.1) is 17.9 Å². The van der Waals surface area contributed by atoms with Gasteiger partial charge in [0.25, 0.3) is 5.70 Å². The van der Waals surface area contributed by atoms with Crippen molar-refractivity contribution in [1.29, 1.82) is 5.26 Å². The molecule has 0 fully saturated rings. The van der Waals surface area contributed by atoms with Crippen LogP contribution in [0.2, 0.25) is 0 Å². The Labute approximate surface area is 319 Å². The molecule has 2 aliphatic carbocycles. The zero-order valence-corrected chi connectivity index (χ0v) is 30.4. The Kier molecular flexibility index (Phi) is 9.51. The molecule has 55 heavy (non-hydrogen) atoms. The Bertz CT molecular complexity index is 2640. The van der Waals surface area contributed by atoms with E-state index in [4.69, 9.17) is 30.6 Å². The minimum Gasteiger partial charge on any atom is -0.497 e. The van der Waals surface area contributed by atoms with E-state index in [-0.39, 0.29) is 17.7 Å². The lowest BCUT2D eigenvalue weighted by Gasteiger charge is -2.27. The maximum atomic E-state index is 13.3. The van der Waals surface area contributed by atoms with Crippen LogP contribution < -0.4 is 19.1 Å². The van der Waals surface area contributed by atoms with Gasteiger partial charge < -0.3 is 19.1 Å². The van der Waals surface area contributed by atoms with Crippen molar-refractivity contribution in [3.05, 3.63) is 165 Å². The predicted octanol–water partition coefficient (Wildman–Crippen LogP) is 9.97. The number of benzene rings is 6. The van der Waals surface area contributed by atoms with Crippen LogP contribution in [0.5, 0.6) is 23.0 Å². The van der Waals surface area contributed by atoms with Crippen molar-refractivity contribution in [2.75, 3.05) is 20.8 Å². The van der Waals surface area contributed by atoms with E-state index < -0.39 is 5.97 Å². The Morgan fingerprint density at radius 3 is 1.82 bits per heavy atom. The summed E-state index contributed by atoms with van der Waals surface area (Å²) in [7, 11) is 3.27. The zero-order valence-electron chi connectivity index (χ0n) is 30.4. The zero-order chi connectivity index (χ0) is 37.9. The SMILES string of the molecule is [C-]#[N+]C(=Cc1ccc2cc(OC)ccc2c1)C(=O)Oc1ccc2c(c1)C1(CCc3ccc(OOCC(C#N)=Cc4ccc5cc(OC)ccc5c4)cc31)CC2. The molecule has 8 rings (SSSR count). The van der Waals surface area contributed by atoms with Gasteiger partial charge in [-0.25, -0.2) is 4.85 Å². The van der Waals surface area contributed by atoms with Gasteiger partial charge in [-0.05, 0) is 153 Å². The minimum absolute atomic E-state index is 0.0198. The Morgan fingerprint density at radius 1 is 0.709 bits per heavy atom. The number of hydrogen-bond donors (Lipinski definition) is 0. The summed E-state index contributed by atoms with van der Waals surface area (Å²) in [5.41, 5.74) is 6.39. The van der Waals surface area contributed by atoms with Gasteiger partial charge in [0.15, 0.2) is 5.75 Å². The molecule has 8 heteroatoms. The number of methoxy groups -OCH3 is 2. The lowest BCUT2D eigenvalue weighted by Crippen LogP contribution is -2.21. The number of nitriles is 1. The highest BCUT2D eigenvalue weighted by atomic mass is 17.2. The fourth-order valence-electron chi connectivity index (χ4n) is 7.90. The highest BCUT2D eigenvalue weighted by Crippen LogP contribution is 2.53. The van der Waals surface area contributed by atoms with E-state index in [1.165, 1.54) is 11.1 Å². The highest BCUT2D eigenvalue weighted by molar-refractivity contribution is 5.98. The van der Waals surface area contributed by atoms with E-state index in [0.29, 0.717) is 17.1 Å². The van der Waals surface area contributed by atoms with E-state index in [1.807, 2.05) is 97.1 Å². The van der Waals surface area contributed by atoms with Gasteiger partial charge in [0.2, 0.25) is 0 Å². The van der Waals surface area contributed by atoms with Gasteiger partial charge in [-0.2, -0.15) is 10.1 Å². The van der Waals surface area contributed by atoms with Crippen molar-refractivity contribution in [3.8, 4) is 29.1 Å². The molecule has 0 amide bonds. The molecule has 1 atom stereocenters. The summed E-state index contributed by atoms with van der Waals surface area (Å²) in [5, 5.41) is 13.9. The first-order valence-corrected chi connectivity index (χ1v) is 18.0. The van der Waals surface area contributed by atoms with Gasteiger partial charge in [-0.1, -0.05) is 48.5 Å². The summed E-state index contributed by atoms with van der Waals surface area (Å²) in [4.78, 5) is 28.2. The molecule has 270 valence electrons. The number of carbonyl (C=O) groups is 1. The van der Waals surface area contributed by atoms with Crippen LogP contribution in [0.15, 0.2) is 120 Å². The first kappa shape index (κ1) is 35.2. The molecule has 1 spiro atoms. The molecule has 0 heterocycles. The van der Waals surface area contributed by atoms with Gasteiger partial charge in [0.1, 0.15) is 23.9 Å². The average molecular weight is 725 g/mol. The van der Waals surface area contributed by atoms with Crippen molar-refractivity contribution < 1.29 is 28.8 Å². The number of ether oxygens (including phenoxy) is 3. The number of carbonyl (C=O) groups excluding carboxylic acids is 1. The number of rotatable bonds is 10. The summed E-state index contributed by atoms with van der Waals surface area (Å²) in [5.74, 6) is 1.79. The summed E-state index contributed by atoms with van der Waals surface area (Å²) >= 11 is 0. The maximum absolute atomic E-state index is 13.3. The Hall–Kier alpha value is -6.87. The minimum atomic E-state index is -0.705. The quantitative estimate of drug-likeness (QED) is 0.0264. The molecule has 6 aromatic carbocycles. The van der Waals surface area contributed by atoms with E-state index in [2.05, 4.69) is 17.0 Å². The second-order valence-corrected chi connectivity index (χ2v) is 13.8. The van der Waals surface area contributed by atoms with Gasteiger partial charge in [-0.15, -0.1) is 0 Å². The average Bonchev–Trinajstić information content (AvgIpc) is 3.78. The monoisotopic (exact) mass is 724 g/mol. The van der Waals surface area contributed by atoms with E-state index >= 15 is 0 Å². The molecule has 8 nitrogen and oxygen atoms in total. The third-order valence-corrected chi connectivity index (χ3v) is 10.7. The van der Waals surface area contributed by atoms with Gasteiger partial charge in [0.05, 0.1) is 32.4 Å². The fraction of sp³-hybridized carbons (Fsp3) is 0.170. The normalized spacial score (nSPS) is 16.0. The molecule has 0 N–H and O–H groups in total. The van der Waals surface area contributed by atoms with Crippen LogP contribution in [0.1, 0.15) is 46.2 Å². The number of fused-ring (bicyclic) bond motifs is 6. The molecule has 0 saturated carbocycles. The van der Waals surface area contributed by atoms with Crippen molar-refractivity contribution in [1.82, 2.24) is 0 Å². The van der Waals surface area contributed by atoms with Crippen molar-refractivity contribution in [2.45, 2.75) is 31.1 Å². The molecule has 0 aliphatic heterocycles. The van der Waals surface area contributed by atoms with Gasteiger partial charge >= 0.3 is 5.97 Å². The lowest BCUT2D eigenvalue weighted by molar-refractivity contribution is -0.197. The molecular formula is C47H36N2O6. The van der Waals surface area contributed by atoms with Crippen LogP contribution >= 0.6 is 0 Å². The van der Waals surface area contributed by atoms with Crippen LogP contribution in [0.3, 0.4) is 0 Å². The summed E-state index contributed by atoms with van der Waals surface area (Å²) < 4.78 is 16.5. The van der Waals surface area contributed by atoms with Crippen LogP contribution in [0.25, 0.3) is 38.5 Å². The van der Waals surface area contributed by atoms with Gasteiger partial charge in [0, 0.05) is 5.41 Å². The fourth-order valence-corrected chi connectivity index (χ4v) is 7.90. The maximum Gasteiger partial charge on any atom is 0.341 e. The predicted molar refractivity (Wildman–Crippen MR) is 212 cm³/mol. The smallest absolute Gasteiger partial charge is 0.341 e. The standard InChI is InChI=1S/C47H36N2O6/c1-49-45(23-31-5-7-38-25-40(52-3)13-11-36(38)22-31)46(50)54-41-14-8-33-16-18-47(43(33)26-41)19-17-34-9-15-42(27-44(34)47)55-53-29-32(28-48)20-30-4-6-37-24-39(51-2)12-10-35(37)21-30/h4-15,20-27H,16-19,29H2,2-3H3. The van der Waals surface area contributed by atoms with Crippen LogP contribution in [-0.2, 0) is 27.9 Å². The molecule has 0 radical (unpaired) electrons. The van der Waals surface area contributed by atoms with Crippen molar-refractivity contribution >= 4 is 39.7 Å². The second kappa shape index (κ2) is 14.9. The third kappa shape index (κ3) is 7.00. The molecule has 6 aromatic rings. The molecular weight excluding hydrogens is 689 g/mol. The summed E-state index contributed by atoms with van der Waals surface area (Å²) in [6.07, 6.45) is 6.98. The molecule has 1 unspecified atom stereocenters. The van der Waals surface area contributed by atoms with Crippen LogP contribution in [-0.4, -0.2) is 26.8 Å². The third-order valence-electron chi connectivity index (χ3n) is 10.7. The molecule has 0 saturated heterocycles. The second-order valence-electron chi connectivity index (χ2n) is 13.8. The van der Waals surface area contributed by atoms with Crippen molar-refractivity contribution in [2.24, 2.45) is 0 Å². The Morgan fingerprint density at radius 2 is 1.24 bits per heavy atom. The summed E-state index contributed by atoms with van der Waals surface area (Å²) in [6, 6.07) is 37.3. The number of nitrogens with zero attached hydrogens (tertiary/aromatic N) is 2.